The van der Waals surface area contributed by atoms with E-state index >= 15 is 0 Å². The molecule has 0 aromatic heterocycles. The summed E-state index contributed by atoms with van der Waals surface area (Å²) in [4.78, 5) is 11.8. The molecule has 1 N–H and O–H groups in total. The van der Waals surface area contributed by atoms with E-state index in [-0.39, 0.29) is 29.8 Å². The Hall–Kier alpha value is -0.780. The minimum Gasteiger partial charge on any atom is -0.352 e. The lowest BCUT2D eigenvalue weighted by Crippen LogP contribution is -2.25. The standard InChI is InChI=1S/C13H15Cl2NO3S/c14-11-2-1-10(12(15)6-11)7-16-13(17)5-9-3-4-20(18,19)8-9/h1-2,6,9H,3-5,7-8H2,(H,16,17). The summed E-state index contributed by atoms with van der Waals surface area (Å²) in [5.74, 6) is 0.0783. The number of halogens is 2. The minimum absolute atomic E-state index is 0.0688. The molecule has 20 heavy (non-hydrogen) atoms. The molecule has 110 valence electrons. The monoisotopic (exact) mass is 335 g/mol. The number of hydrogen-bond acceptors (Lipinski definition) is 3. The predicted molar refractivity (Wildman–Crippen MR) is 79.7 cm³/mol. The maximum atomic E-state index is 11.8. The molecule has 0 aliphatic carbocycles. The van der Waals surface area contributed by atoms with Gasteiger partial charge in [0.05, 0.1) is 11.5 Å². The van der Waals surface area contributed by atoms with Crippen molar-refractivity contribution < 1.29 is 13.2 Å². The first-order valence-electron chi connectivity index (χ1n) is 6.27. The van der Waals surface area contributed by atoms with Crippen LogP contribution in [0.2, 0.25) is 10.0 Å². The highest BCUT2D eigenvalue weighted by molar-refractivity contribution is 7.91. The van der Waals surface area contributed by atoms with Crippen LogP contribution in [0.4, 0.5) is 0 Å². The second-order valence-corrected chi connectivity index (χ2v) is 8.06. The Kier molecular flexibility index (Phi) is 4.94. The molecule has 1 aliphatic rings. The van der Waals surface area contributed by atoms with E-state index in [1.165, 1.54) is 0 Å². The summed E-state index contributed by atoms with van der Waals surface area (Å²) < 4.78 is 22.6. The van der Waals surface area contributed by atoms with Gasteiger partial charge >= 0.3 is 0 Å². The Morgan fingerprint density at radius 2 is 2.10 bits per heavy atom. The van der Waals surface area contributed by atoms with E-state index in [2.05, 4.69) is 5.32 Å². The molecule has 1 aromatic rings. The summed E-state index contributed by atoms with van der Waals surface area (Å²) in [7, 11) is -2.94. The van der Waals surface area contributed by atoms with Gasteiger partial charge in [-0.2, -0.15) is 0 Å². The summed E-state index contributed by atoms with van der Waals surface area (Å²) in [5.41, 5.74) is 0.781. The summed E-state index contributed by atoms with van der Waals surface area (Å²) in [6.07, 6.45) is 0.807. The van der Waals surface area contributed by atoms with Crippen LogP contribution in [0.5, 0.6) is 0 Å². The van der Waals surface area contributed by atoms with Gasteiger partial charge < -0.3 is 5.32 Å². The maximum Gasteiger partial charge on any atom is 0.220 e. The fourth-order valence-corrected chi connectivity index (χ4v) is 4.56. The summed E-state index contributed by atoms with van der Waals surface area (Å²) >= 11 is 11.8. The predicted octanol–water partition coefficient (Wildman–Crippen LogP) is 2.43. The molecule has 1 aromatic carbocycles. The number of rotatable bonds is 4. The van der Waals surface area contributed by atoms with Gasteiger partial charge in [0.25, 0.3) is 0 Å². The van der Waals surface area contributed by atoms with Crippen molar-refractivity contribution in [3.63, 3.8) is 0 Å². The quantitative estimate of drug-likeness (QED) is 0.919. The van der Waals surface area contributed by atoms with Gasteiger partial charge in [0.1, 0.15) is 0 Å². The number of nitrogens with one attached hydrogen (secondary N) is 1. The lowest BCUT2D eigenvalue weighted by atomic mass is 10.1. The zero-order chi connectivity index (χ0) is 14.8. The van der Waals surface area contributed by atoms with Crippen molar-refractivity contribution in [3.05, 3.63) is 33.8 Å². The van der Waals surface area contributed by atoms with Crippen LogP contribution in [0.3, 0.4) is 0 Å². The Morgan fingerprint density at radius 3 is 2.70 bits per heavy atom. The molecule has 1 heterocycles. The molecule has 1 amide bonds. The molecule has 1 aliphatic heterocycles. The molecule has 2 rings (SSSR count). The topological polar surface area (TPSA) is 63.2 Å². The second-order valence-electron chi connectivity index (χ2n) is 4.99. The van der Waals surface area contributed by atoms with Crippen molar-refractivity contribution in [3.8, 4) is 0 Å². The third kappa shape index (κ3) is 4.36. The zero-order valence-corrected chi connectivity index (χ0v) is 13.1. The number of hydrogen-bond donors (Lipinski definition) is 1. The van der Waals surface area contributed by atoms with Crippen molar-refractivity contribution >= 4 is 38.9 Å². The largest absolute Gasteiger partial charge is 0.352 e. The number of carbonyl (C=O) groups is 1. The van der Waals surface area contributed by atoms with E-state index in [0.29, 0.717) is 23.0 Å². The van der Waals surface area contributed by atoms with Gasteiger partial charge in [-0.05, 0) is 30.0 Å². The van der Waals surface area contributed by atoms with E-state index in [1.807, 2.05) is 0 Å². The normalized spacial score (nSPS) is 20.8. The Morgan fingerprint density at radius 1 is 1.35 bits per heavy atom. The highest BCUT2D eigenvalue weighted by Crippen LogP contribution is 2.22. The molecule has 1 fully saturated rings. The van der Waals surface area contributed by atoms with Crippen LogP contribution in [0.15, 0.2) is 18.2 Å². The van der Waals surface area contributed by atoms with Crippen LogP contribution < -0.4 is 5.32 Å². The van der Waals surface area contributed by atoms with Crippen LogP contribution in [0, 0.1) is 5.92 Å². The summed E-state index contributed by atoms with van der Waals surface area (Å²) in [6.45, 7) is 0.314. The molecular formula is C13H15Cl2NO3S. The molecule has 1 unspecified atom stereocenters. The minimum atomic E-state index is -2.94. The van der Waals surface area contributed by atoms with Crippen molar-refractivity contribution in [1.29, 1.82) is 0 Å². The SMILES string of the molecule is O=C(CC1CCS(=O)(=O)C1)NCc1ccc(Cl)cc1Cl. The van der Waals surface area contributed by atoms with E-state index in [9.17, 15) is 13.2 Å². The number of carbonyl (C=O) groups excluding carboxylic acids is 1. The maximum absolute atomic E-state index is 11.8. The summed E-state index contributed by atoms with van der Waals surface area (Å²) in [6, 6.07) is 5.08. The average Bonchev–Trinajstić information content (AvgIpc) is 2.67. The van der Waals surface area contributed by atoms with Crippen LogP contribution >= 0.6 is 23.2 Å². The van der Waals surface area contributed by atoms with E-state index < -0.39 is 9.84 Å². The van der Waals surface area contributed by atoms with Gasteiger partial charge in [-0.3, -0.25) is 4.79 Å². The van der Waals surface area contributed by atoms with E-state index in [1.54, 1.807) is 18.2 Å². The summed E-state index contributed by atoms with van der Waals surface area (Å²) in [5, 5.41) is 3.80. The number of amides is 1. The molecule has 7 heteroatoms. The number of benzene rings is 1. The van der Waals surface area contributed by atoms with Gasteiger partial charge in [-0.1, -0.05) is 29.3 Å². The number of sulfone groups is 1. The molecular weight excluding hydrogens is 321 g/mol. The second kappa shape index (κ2) is 6.33. The first-order valence-corrected chi connectivity index (χ1v) is 8.84. The van der Waals surface area contributed by atoms with Crippen LogP contribution in [-0.4, -0.2) is 25.8 Å². The molecule has 4 nitrogen and oxygen atoms in total. The van der Waals surface area contributed by atoms with Crippen LogP contribution in [-0.2, 0) is 21.2 Å². The van der Waals surface area contributed by atoms with Crippen molar-refractivity contribution in [2.24, 2.45) is 5.92 Å². The van der Waals surface area contributed by atoms with Gasteiger partial charge in [0, 0.05) is 23.0 Å². The zero-order valence-electron chi connectivity index (χ0n) is 10.7. The third-order valence-electron chi connectivity index (χ3n) is 3.29. The Balaban J connectivity index is 1.84. The molecule has 0 saturated carbocycles. The van der Waals surface area contributed by atoms with E-state index in [0.717, 1.165) is 5.56 Å². The van der Waals surface area contributed by atoms with Gasteiger partial charge in [-0.15, -0.1) is 0 Å². The first kappa shape index (κ1) is 15.6. The lowest BCUT2D eigenvalue weighted by Gasteiger charge is -2.10. The average molecular weight is 336 g/mol. The van der Waals surface area contributed by atoms with Crippen molar-refractivity contribution in [1.82, 2.24) is 5.32 Å². The van der Waals surface area contributed by atoms with Gasteiger partial charge in [0.15, 0.2) is 9.84 Å². The molecule has 0 bridgehead atoms. The van der Waals surface area contributed by atoms with Crippen LogP contribution in [0.1, 0.15) is 18.4 Å². The smallest absolute Gasteiger partial charge is 0.220 e. The Labute approximate surface area is 128 Å². The van der Waals surface area contributed by atoms with Crippen molar-refractivity contribution in [2.75, 3.05) is 11.5 Å². The highest BCUT2D eigenvalue weighted by atomic mass is 35.5. The molecule has 1 saturated heterocycles. The van der Waals surface area contributed by atoms with Gasteiger partial charge in [0.2, 0.25) is 5.91 Å². The lowest BCUT2D eigenvalue weighted by molar-refractivity contribution is -0.122. The fourth-order valence-electron chi connectivity index (χ4n) is 2.23. The molecule has 0 radical (unpaired) electrons. The van der Waals surface area contributed by atoms with Crippen LogP contribution in [0.25, 0.3) is 0 Å². The Bertz CT molecular complexity index is 616. The van der Waals surface area contributed by atoms with Crippen molar-refractivity contribution in [2.45, 2.75) is 19.4 Å². The highest BCUT2D eigenvalue weighted by Gasteiger charge is 2.29. The molecule has 1 atom stereocenters. The van der Waals surface area contributed by atoms with Gasteiger partial charge in [-0.25, -0.2) is 8.42 Å². The molecule has 0 spiro atoms. The first-order chi connectivity index (χ1) is 9.35. The third-order valence-corrected chi connectivity index (χ3v) is 5.72. The van der Waals surface area contributed by atoms with E-state index in [4.69, 9.17) is 23.2 Å². The fraction of sp³-hybridized carbons (Fsp3) is 0.462.